The molecule has 4 N–H and O–H groups in total. The van der Waals surface area contributed by atoms with E-state index in [0.717, 1.165) is 9.87 Å². The molecule has 7 nitrogen and oxygen atoms in total. The molecule has 2 rings (SSSR count). The van der Waals surface area contributed by atoms with Crippen molar-refractivity contribution in [3.63, 3.8) is 0 Å². The van der Waals surface area contributed by atoms with Crippen molar-refractivity contribution in [3.05, 3.63) is 53.1 Å². The summed E-state index contributed by atoms with van der Waals surface area (Å²) in [6.45, 7) is 2.44. The average molecular weight is 378 g/mol. The molecule has 0 aliphatic rings. The SMILES string of the molecule is COc1cc(O)c(C(=O)c2ccc(C)cc2)cc1N(CCCN)S(=O)O. The number of aryl methyl sites for hydroxylation is 1. The topological polar surface area (TPSA) is 113 Å². The van der Waals surface area contributed by atoms with Gasteiger partial charge in [-0.05, 0) is 26.0 Å². The lowest BCUT2D eigenvalue weighted by Crippen LogP contribution is -2.28. The van der Waals surface area contributed by atoms with E-state index < -0.39 is 17.0 Å². The van der Waals surface area contributed by atoms with Gasteiger partial charge in [0.15, 0.2) is 5.78 Å². The van der Waals surface area contributed by atoms with E-state index in [1.165, 1.54) is 19.2 Å². The van der Waals surface area contributed by atoms with Crippen LogP contribution in [-0.4, -0.2) is 39.9 Å². The number of carbonyl (C=O) groups excluding carboxylic acids is 1. The molecule has 0 amide bonds. The molecule has 0 bridgehead atoms. The summed E-state index contributed by atoms with van der Waals surface area (Å²) in [5.41, 5.74) is 7.14. The summed E-state index contributed by atoms with van der Waals surface area (Å²) in [5, 5.41) is 10.3. The smallest absolute Gasteiger partial charge is 0.261 e. The minimum absolute atomic E-state index is 0.0212. The third-order valence-corrected chi connectivity index (χ3v) is 4.63. The fourth-order valence-corrected chi connectivity index (χ4v) is 3.07. The van der Waals surface area contributed by atoms with Gasteiger partial charge < -0.3 is 15.6 Å². The first-order chi connectivity index (χ1) is 12.4. The molecule has 0 radical (unpaired) electrons. The third kappa shape index (κ3) is 4.40. The maximum Gasteiger partial charge on any atom is 0.261 e. The molecule has 2 aromatic rings. The molecule has 8 heteroatoms. The number of methoxy groups -OCH3 is 1. The van der Waals surface area contributed by atoms with E-state index in [1.807, 2.05) is 6.92 Å². The van der Waals surface area contributed by atoms with Crippen LogP contribution < -0.4 is 14.8 Å². The third-order valence-electron chi connectivity index (χ3n) is 3.88. The van der Waals surface area contributed by atoms with Crippen molar-refractivity contribution in [2.45, 2.75) is 13.3 Å². The van der Waals surface area contributed by atoms with Crippen LogP contribution in [-0.2, 0) is 11.3 Å². The number of carbonyl (C=O) groups is 1. The zero-order chi connectivity index (χ0) is 19.3. The number of nitrogens with zero attached hydrogens (tertiary/aromatic N) is 1. The summed E-state index contributed by atoms with van der Waals surface area (Å²) in [4.78, 5) is 12.8. The summed E-state index contributed by atoms with van der Waals surface area (Å²) in [6, 6.07) is 9.55. The van der Waals surface area contributed by atoms with E-state index >= 15 is 0 Å². The Morgan fingerprint density at radius 3 is 2.46 bits per heavy atom. The lowest BCUT2D eigenvalue weighted by molar-refractivity contribution is 0.103. The van der Waals surface area contributed by atoms with Crippen molar-refractivity contribution in [2.24, 2.45) is 5.73 Å². The van der Waals surface area contributed by atoms with Crippen molar-refractivity contribution >= 4 is 22.7 Å². The lowest BCUT2D eigenvalue weighted by Gasteiger charge is -2.23. The van der Waals surface area contributed by atoms with E-state index in [4.69, 9.17) is 10.5 Å². The summed E-state index contributed by atoms with van der Waals surface area (Å²) in [6.07, 6.45) is 0.470. The van der Waals surface area contributed by atoms with E-state index in [2.05, 4.69) is 0 Å². The number of nitrogens with two attached hydrogens (primary N) is 1. The van der Waals surface area contributed by atoms with Gasteiger partial charge in [-0.15, -0.1) is 0 Å². The Morgan fingerprint density at radius 1 is 1.27 bits per heavy atom. The van der Waals surface area contributed by atoms with Gasteiger partial charge in [0, 0.05) is 18.2 Å². The summed E-state index contributed by atoms with van der Waals surface area (Å²) >= 11 is -2.34. The predicted molar refractivity (Wildman–Crippen MR) is 101 cm³/mol. The average Bonchev–Trinajstić information content (AvgIpc) is 2.62. The van der Waals surface area contributed by atoms with Gasteiger partial charge in [0.25, 0.3) is 11.3 Å². The monoisotopic (exact) mass is 378 g/mol. The normalized spacial score (nSPS) is 11.8. The van der Waals surface area contributed by atoms with Gasteiger partial charge >= 0.3 is 0 Å². The Labute approximate surface area is 154 Å². The molecule has 26 heavy (non-hydrogen) atoms. The van der Waals surface area contributed by atoms with Gasteiger partial charge in [0.1, 0.15) is 11.5 Å². The summed E-state index contributed by atoms with van der Waals surface area (Å²) in [5.74, 6) is -0.477. The molecule has 0 aliphatic heterocycles. The van der Waals surface area contributed by atoms with Crippen LogP contribution in [0.4, 0.5) is 5.69 Å². The Bertz CT molecular complexity index is 808. The Morgan fingerprint density at radius 2 is 1.92 bits per heavy atom. The Hall–Kier alpha value is -2.42. The van der Waals surface area contributed by atoms with Gasteiger partial charge in [0.05, 0.1) is 18.4 Å². The molecular weight excluding hydrogens is 356 g/mol. The van der Waals surface area contributed by atoms with Crippen molar-refractivity contribution in [1.82, 2.24) is 0 Å². The minimum Gasteiger partial charge on any atom is -0.507 e. The second-order valence-electron chi connectivity index (χ2n) is 5.71. The van der Waals surface area contributed by atoms with Gasteiger partial charge in [-0.25, -0.2) is 4.21 Å². The van der Waals surface area contributed by atoms with E-state index in [-0.39, 0.29) is 29.3 Å². The molecule has 0 spiro atoms. The number of hydrogen-bond acceptors (Lipinski definition) is 5. The maximum absolute atomic E-state index is 12.8. The predicted octanol–water partition coefficient (Wildman–Crippen LogP) is 2.23. The van der Waals surface area contributed by atoms with Crippen molar-refractivity contribution in [3.8, 4) is 11.5 Å². The van der Waals surface area contributed by atoms with Crippen LogP contribution >= 0.6 is 0 Å². The molecule has 140 valence electrons. The highest BCUT2D eigenvalue weighted by atomic mass is 32.2. The molecule has 0 saturated heterocycles. The van der Waals surface area contributed by atoms with Gasteiger partial charge in [-0.2, -0.15) is 0 Å². The number of benzene rings is 2. The molecular formula is C18H22N2O5S. The van der Waals surface area contributed by atoms with Crippen molar-refractivity contribution in [1.29, 1.82) is 0 Å². The number of hydrogen-bond donors (Lipinski definition) is 3. The van der Waals surface area contributed by atoms with Crippen molar-refractivity contribution in [2.75, 3.05) is 24.5 Å². The zero-order valence-corrected chi connectivity index (χ0v) is 15.5. The van der Waals surface area contributed by atoms with Crippen LogP contribution in [0.25, 0.3) is 0 Å². The van der Waals surface area contributed by atoms with Gasteiger partial charge in [-0.3, -0.25) is 13.7 Å². The quantitative estimate of drug-likeness (QED) is 0.480. The number of rotatable bonds is 8. The number of phenolic OH excluding ortho intramolecular Hbond substituents is 1. The number of ether oxygens (including phenoxy) is 1. The van der Waals surface area contributed by atoms with Crippen LogP contribution in [0, 0.1) is 6.92 Å². The first-order valence-corrected chi connectivity index (χ1v) is 9.06. The molecule has 0 fully saturated rings. The first kappa shape index (κ1) is 19.9. The van der Waals surface area contributed by atoms with E-state index in [9.17, 15) is 18.7 Å². The highest BCUT2D eigenvalue weighted by Crippen LogP contribution is 2.36. The molecule has 2 aromatic carbocycles. The van der Waals surface area contributed by atoms with Crippen LogP contribution in [0.3, 0.4) is 0 Å². The fraction of sp³-hybridized carbons (Fsp3) is 0.278. The fourth-order valence-electron chi connectivity index (χ4n) is 2.48. The summed E-state index contributed by atoms with van der Waals surface area (Å²) in [7, 11) is 1.38. The molecule has 0 heterocycles. The zero-order valence-electron chi connectivity index (χ0n) is 14.6. The van der Waals surface area contributed by atoms with Gasteiger partial charge in [0.2, 0.25) is 0 Å². The number of anilines is 1. The Kier molecular flexibility index (Phi) is 6.73. The highest BCUT2D eigenvalue weighted by molar-refractivity contribution is 7.80. The van der Waals surface area contributed by atoms with Crippen LogP contribution in [0.15, 0.2) is 36.4 Å². The molecule has 0 saturated carbocycles. The largest absolute Gasteiger partial charge is 0.507 e. The highest BCUT2D eigenvalue weighted by Gasteiger charge is 2.23. The molecule has 1 atom stereocenters. The Balaban J connectivity index is 2.52. The number of aromatic hydroxyl groups is 1. The second kappa shape index (κ2) is 8.79. The van der Waals surface area contributed by atoms with Gasteiger partial charge in [-0.1, -0.05) is 29.8 Å². The number of phenols is 1. The van der Waals surface area contributed by atoms with Crippen LogP contribution in [0.1, 0.15) is 27.9 Å². The first-order valence-electron chi connectivity index (χ1n) is 8.00. The van der Waals surface area contributed by atoms with Crippen LogP contribution in [0.5, 0.6) is 11.5 Å². The second-order valence-corrected chi connectivity index (χ2v) is 6.61. The molecule has 0 aliphatic carbocycles. The van der Waals surface area contributed by atoms with Crippen molar-refractivity contribution < 1.29 is 23.4 Å². The summed E-state index contributed by atoms with van der Waals surface area (Å²) < 4.78 is 27.7. The number of ketones is 1. The lowest BCUT2D eigenvalue weighted by atomic mass is 10.0. The molecule has 0 aromatic heterocycles. The van der Waals surface area contributed by atoms with Crippen LogP contribution in [0.2, 0.25) is 0 Å². The maximum atomic E-state index is 12.8. The van der Waals surface area contributed by atoms with E-state index in [1.54, 1.807) is 24.3 Å². The molecule has 1 unspecified atom stereocenters. The van der Waals surface area contributed by atoms with E-state index in [0.29, 0.717) is 18.5 Å². The standard InChI is InChI=1S/C18H22N2O5S/c1-12-4-6-13(7-5-12)18(22)14-10-15(17(25-2)11-16(14)21)20(26(23)24)9-3-8-19/h4-7,10-11,21H,3,8-9,19H2,1-2H3,(H,23,24). The minimum atomic E-state index is -2.34.